The van der Waals surface area contributed by atoms with Crippen molar-refractivity contribution >= 4 is 39.4 Å². The van der Waals surface area contributed by atoms with E-state index in [9.17, 15) is 22.8 Å². The largest absolute Gasteiger partial charge is 0.481 e. The van der Waals surface area contributed by atoms with Gasteiger partial charge in [0.2, 0.25) is 10.0 Å². The van der Waals surface area contributed by atoms with Crippen LogP contribution in [0.25, 0.3) is 0 Å². The Morgan fingerprint density at radius 1 is 1.13 bits per heavy atom. The Balaban J connectivity index is 1.66. The van der Waals surface area contributed by atoms with E-state index in [1.807, 2.05) is 0 Å². The molecule has 2 aromatic carbocycles. The van der Waals surface area contributed by atoms with Crippen LogP contribution in [0.2, 0.25) is 0 Å². The summed E-state index contributed by atoms with van der Waals surface area (Å²) in [5.74, 6) is -0.201. The van der Waals surface area contributed by atoms with E-state index < -0.39 is 45.9 Å². The van der Waals surface area contributed by atoms with E-state index in [1.54, 1.807) is 65.6 Å². The van der Waals surface area contributed by atoms with E-state index in [-0.39, 0.29) is 25.4 Å². The second-order valence-electron chi connectivity index (χ2n) is 11.2. The van der Waals surface area contributed by atoms with Gasteiger partial charge in [-0.3, -0.25) is 19.2 Å². The smallest absolute Gasteiger partial charge is 0.307 e. The van der Waals surface area contributed by atoms with E-state index in [1.165, 1.54) is 6.08 Å². The summed E-state index contributed by atoms with van der Waals surface area (Å²) < 4.78 is 27.3. The number of rotatable bonds is 12. The van der Waals surface area contributed by atoms with Gasteiger partial charge in [-0.15, -0.1) is 6.42 Å². The monoisotopic (exact) mass is 653 g/mol. The fourth-order valence-corrected chi connectivity index (χ4v) is 7.05. The van der Waals surface area contributed by atoms with Crippen LogP contribution in [0.5, 0.6) is 0 Å². The zero-order chi connectivity index (χ0) is 32.6. The lowest BCUT2D eigenvalue weighted by Gasteiger charge is -2.48. The van der Waals surface area contributed by atoms with Crippen LogP contribution in [-0.2, 0) is 37.5 Å². The standard InChI is InChI=1S/C33H36ClN3O7S/c1-3-9-24(34)10-8-15-29-31(32(40)35-44-21-23-18-16-22(17-19-23)20-30(38)39)25-11-4-5-12-26(25)33(41)37(29)28-14-7-6-13-27(28)36-45(2,42)43/h1,4-5,8-12,16-19,27-29,31,36H,6-7,13-15,20-21H2,2H3,(H,35,40)(H,38,39)/b10-8-,24-9+/t27-,28-,29-,31+/m0/s1. The predicted octanol–water partition coefficient (Wildman–Crippen LogP) is 4.03. The van der Waals surface area contributed by atoms with Gasteiger partial charge in [0, 0.05) is 28.8 Å². The SMILES string of the molecule is C#C/C=C(Cl)\C=C/C[C@H]1[C@H](C(=O)NOCc2ccc(CC(=O)O)cc2)c2ccccc2C(=O)N1[C@H]1CCCC[C@@H]1NS(C)(=O)=O. The highest BCUT2D eigenvalue weighted by Crippen LogP contribution is 2.39. The molecule has 2 amide bonds. The molecule has 1 heterocycles. The molecule has 1 aliphatic carbocycles. The second-order valence-corrected chi connectivity index (χ2v) is 13.4. The number of hydrogen-bond acceptors (Lipinski definition) is 6. The maximum absolute atomic E-state index is 14.2. The Kier molecular flexibility index (Phi) is 11.6. The molecule has 0 radical (unpaired) electrons. The summed E-state index contributed by atoms with van der Waals surface area (Å²) in [5.41, 5.74) is 4.81. The molecule has 1 aliphatic heterocycles. The number of halogens is 1. The minimum Gasteiger partial charge on any atom is -0.481 e. The zero-order valence-electron chi connectivity index (χ0n) is 24.8. The summed E-state index contributed by atoms with van der Waals surface area (Å²) in [4.78, 5) is 46.3. The van der Waals surface area contributed by atoms with Crippen molar-refractivity contribution in [3.63, 3.8) is 0 Å². The van der Waals surface area contributed by atoms with Crippen molar-refractivity contribution < 1.29 is 32.7 Å². The quantitative estimate of drug-likeness (QED) is 0.178. The number of amides is 2. The zero-order valence-corrected chi connectivity index (χ0v) is 26.4. The van der Waals surface area contributed by atoms with Gasteiger partial charge in [0.15, 0.2) is 0 Å². The first-order valence-electron chi connectivity index (χ1n) is 14.6. The third kappa shape index (κ3) is 9.05. The maximum Gasteiger partial charge on any atom is 0.307 e. The highest BCUT2D eigenvalue weighted by molar-refractivity contribution is 7.88. The highest BCUT2D eigenvalue weighted by atomic mass is 35.5. The molecular formula is C33H36ClN3O7S. The van der Waals surface area contributed by atoms with Gasteiger partial charge < -0.3 is 10.0 Å². The summed E-state index contributed by atoms with van der Waals surface area (Å²) in [7, 11) is -3.58. The molecule has 45 heavy (non-hydrogen) atoms. The third-order valence-corrected chi connectivity index (χ3v) is 8.87. The summed E-state index contributed by atoms with van der Waals surface area (Å²) >= 11 is 6.20. The Labute approximate surface area is 268 Å². The van der Waals surface area contributed by atoms with Crippen LogP contribution < -0.4 is 10.2 Å². The minimum absolute atomic E-state index is 0.0240. The molecule has 0 aromatic heterocycles. The van der Waals surface area contributed by atoms with Gasteiger partial charge in [0.05, 0.1) is 31.2 Å². The number of carboxylic acids is 1. The Morgan fingerprint density at radius 2 is 1.82 bits per heavy atom. The summed E-state index contributed by atoms with van der Waals surface area (Å²) in [5, 5.41) is 9.30. The van der Waals surface area contributed by atoms with E-state index in [0.717, 1.165) is 24.7 Å². The molecule has 2 aliphatic rings. The van der Waals surface area contributed by atoms with Crippen LogP contribution in [0.15, 0.2) is 71.8 Å². The van der Waals surface area contributed by atoms with Crippen LogP contribution in [0.1, 0.15) is 65.1 Å². The number of terminal acetylenes is 1. The number of aliphatic carboxylic acids is 1. The van der Waals surface area contributed by atoms with Crippen LogP contribution in [0.4, 0.5) is 0 Å². The number of sulfonamides is 1. The number of carbonyl (C=O) groups is 3. The molecule has 12 heteroatoms. The minimum atomic E-state index is -3.58. The molecule has 0 bridgehead atoms. The van der Waals surface area contributed by atoms with E-state index in [4.69, 9.17) is 28.0 Å². The first-order chi connectivity index (χ1) is 21.5. The molecule has 1 saturated carbocycles. The summed E-state index contributed by atoms with van der Waals surface area (Å²) in [6.07, 6.45) is 14.0. The Bertz CT molecular complexity index is 1620. The Morgan fingerprint density at radius 3 is 2.51 bits per heavy atom. The third-order valence-electron chi connectivity index (χ3n) is 7.90. The topological polar surface area (TPSA) is 142 Å². The van der Waals surface area contributed by atoms with Crippen molar-refractivity contribution in [1.82, 2.24) is 15.1 Å². The first-order valence-corrected chi connectivity index (χ1v) is 16.8. The van der Waals surface area contributed by atoms with Gasteiger partial charge in [0.25, 0.3) is 11.8 Å². The van der Waals surface area contributed by atoms with E-state index in [0.29, 0.717) is 34.6 Å². The van der Waals surface area contributed by atoms with Gasteiger partial charge in [-0.05, 0) is 48.1 Å². The maximum atomic E-state index is 14.2. The molecule has 0 spiro atoms. The van der Waals surface area contributed by atoms with Gasteiger partial charge >= 0.3 is 5.97 Å². The number of benzene rings is 2. The fourth-order valence-electron chi connectivity index (χ4n) is 6.07. The summed E-state index contributed by atoms with van der Waals surface area (Å²) in [6, 6.07) is 12.0. The normalized spacial score (nSPS) is 22.1. The van der Waals surface area contributed by atoms with Crippen LogP contribution in [-0.4, -0.2) is 60.6 Å². The number of hydrogen-bond donors (Lipinski definition) is 3. The number of carbonyl (C=O) groups excluding carboxylic acids is 2. The lowest BCUT2D eigenvalue weighted by Crippen LogP contribution is -2.62. The van der Waals surface area contributed by atoms with Gasteiger partial charge in [-0.25, -0.2) is 18.6 Å². The molecule has 0 saturated heterocycles. The molecule has 4 atom stereocenters. The van der Waals surface area contributed by atoms with Crippen molar-refractivity contribution in [1.29, 1.82) is 0 Å². The average molecular weight is 654 g/mol. The molecule has 4 rings (SSSR count). The van der Waals surface area contributed by atoms with Crippen molar-refractivity contribution in [3.8, 4) is 12.3 Å². The molecular weight excluding hydrogens is 618 g/mol. The van der Waals surface area contributed by atoms with Crippen molar-refractivity contribution in [2.75, 3.05) is 6.26 Å². The molecule has 1 fully saturated rings. The van der Waals surface area contributed by atoms with Crippen LogP contribution in [0, 0.1) is 12.3 Å². The molecule has 3 N–H and O–H groups in total. The van der Waals surface area contributed by atoms with E-state index in [2.05, 4.69) is 16.1 Å². The molecule has 10 nitrogen and oxygen atoms in total. The number of nitrogens with one attached hydrogen (secondary N) is 2. The number of nitrogens with zero attached hydrogens (tertiary/aromatic N) is 1. The second kappa shape index (κ2) is 15.4. The summed E-state index contributed by atoms with van der Waals surface area (Å²) in [6.45, 7) is 0.0240. The lowest BCUT2D eigenvalue weighted by atomic mass is 9.78. The number of allylic oxidation sites excluding steroid dienone is 3. The van der Waals surface area contributed by atoms with Crippen molar-refractivity contribution in [2.24, 2.45) is 0 Å². The number of carboxylic acid groups (broad SMARTS) is 1. The molecule has 238 valence electrons. The molecule has 0 unspecified atom stereocenters. The predicted molar refractivity (Wildman–Crippen MR) is 170 cm³/mol. The number of fused-ring (bicyclic) bond motifs is 1. The van der Waals surface area contributed by atoms with E-state index >= 15 is 0 Å². The van der Waals surface area contributed by atoms with Gasteiger partial charge in [-0.2, -0.15) is 0 Å². The molecule has 2 aromatic rings. The van der Waals surface area contributed by atoms with Gasteiger partial charge in [-0.1, -0.05) is 78.9 Å². The fraction of sp³-hybridized carbons (Fsp3) is 0.364. The first kappa shape index (κ1) is 33.9. The van der Waals surface area contributed by atoms with Crippen LogP contribution >= 0.6 is 11.6 Å². The van der Waals surface area contributed by atoms with Crippen molar-refractivity contribution in [2.45, 2.75) is 69.2 Å². The lowest BCUT2D eigenvalue weighted by molar-refractivity contribution is -0.138. The average Bonchev–Trinajstić information content (AvgIpc) is 2.98. The van der Waals surface area contributed by atoms with Crippen LogP contribution in [0.3, 0.4) is 0 Å². The van der Waals surface area contributed by atoms with Gasteiger partial charge in [0.1, 0.15) is 0 Å². The Hall–Kier alpha value is -3.95. The highest BCUT2D eigenvalue weighted by Gasteiger charge is 2.47. The van der Waals surface area contributed by atoms with Crippen molar-refractivity contribution in [3.05, 3.63) is 94.0 Å². The number of hydroxylamine groups is 1.